The van der Waals surface area contributed by atoms with Gasteiger partial charge in [-0.15, -0.1) is 0 Å². The van der Waals surface area contributed by atoms with E-state index >= 15 is 0 Å². The van der Waals surface area contributed by atoms with Crippen molar-refractivity contribution in [2.24, 2.45) is 5.92 Å². The number of H-pyrrole nitrogens is 1. The van der Waals surface area contributed by atoms with Gasteiger partial charge in [-0.3, -0.25) is 14.3 Å². The minimum atomic E-state index is -0.455. The lowest BCUT2D eigenvalue weighted by Gasteiger charge is -2.09. The van der Waals surface area contributed by atoms with E-state index in [1.54, 1.807) is 0 Å². The minimum Gasteiger partial charge on any atom is -0.381 e. The van der Waals surface area contributed by atoms with Gasteiger partial charge in [-0.25, -0.2) is 4.79 Å². The Balaban J connectivity index is 2.73. The molecule has 1 aromatic heterocycles. The number of aromatic nitrogens is 2. The molecule has 0 saturated carbocycles. The van der Waals surface area contributed by atoms with Gasteiger partial charge in [0.15, 0.2) is 0 Å². The van der Waals surface area contributed by atoms with Gasteiger partial charge in [0, 0.05) is 19.8 Å². The lowest BCUT2D eigenvalue weighted by atomic mass is 10.2. The molecule has 1 N–H and O–H groups in total. The van der Waals surface area contributed by atoms with Gasteiger partial charge in [-0.1, -0.05) is 38.8 Å². The topological polar surface area (TPSA) is 64.1 Å². The van der Waals surface area contributed by atoms with E-state index in [4.69, 9.17) is 16.3 Å². The highest BCUT2D eigenvalue weighted by Gasteiger charge is 2.11. The Morgan fingerprint density at radius 1 is 1.35 bits per heavy atom. The van der Waals surface area contributed by atoms with E-state index < -0.39 is 5.69 Å². The molecule has 6 heteroatoms. The number of rotatable bonds is 8. The third-order valence-electron chi connectivity index (χ3n) is 2.85. The van der Waals surface area contributed by atoms with Crippen LogP contribution in [-0.4, -0.2) is 22.8 Å². The molecule has 0 aliphatic carbocycles. The number of ether oxygens (including phenoxy) is 1. The van der Waals surface area contributed by atoms with Crippen molar-refractivity contribution in [2.45, 2.75) is 46.6 Å². The molecular formula is C14H23ClN2O3. The molecule has 0 aliphatic rings. The number of hydrogen-bond donors (Lipinski definition) is 1. The molecule has 0 saturated heterocycles. The highest BCUT2D eigenvalue weighted by atomic mass is 35.5. The molecule has 0 aliphatic heterocycles. The smallest absolute Gasteiger partial charge is 0.329 e. The molecule has 0 bridgehead atoms. The number of hydrogen-bond acceptors (Lipinski definition) is 3. The fourth-order valence-electron chi connectivity index (χ4n) is 1.90. The third-order valence-corrected chi connectivity index (χ3v) is 3.17. The predicted molar refractivity (Wildman–Crippen MR) is 80.6 cm³/mol. The molecule has 0 atom stereocenters. The Morgan fingerprint density at radius 2 is 2.05 bits per heavy atom. The third kappa shape index (κ3) is 4.80. The highest BCUT2D eigenvalue weighted by Crippen LogP contribution is 2.08. The normalized spacial score (nSPS) is 11.2. The van der Waals surface area contributed by atoms with Crippen molar-refractivity contribution < 1.29 is 4.74 Å². The van der Waals surface area contributed by atoms with Gasteiger partial charge >= 0.3 is 5.69 Å². The van der Waals surface area contributed by atoms with Crippen LogP contribution in [-0.2, 0) is 17.7 Å². The Labute approximate surface area is 123 Å². The first-order valence-corrected chi connectivity index (χ1v) is 7.44. The zero-order valence-electron chi connectivity index (χ0n) is 12.4. The Morgan fingerprint density at radius 3 is 2.65 bits per heavy atom. The summed E-state index contributed by atoms with van der Waals surface area (Å²) in [5.41, 5.74) is -0.259. The molecule has 1 rings (SSSR count). The van der Waals surface area contributed by atoms with Crippen LogP contribution in [0.25, 0.3) is 0 Å². The maximum absolute atomic E-state index is 12.2. The summed E-state index contributed by atoms with van der Waals surface area (Å²) in [6.45, 7) is 7.69. The maximum atomic E-state index is 12.2. The van der Waals surface area contributed by atoms with Gasteiger partial charge in [0.1, 0.15) is 5.15 Å². The molecule has 0 unspecified atom stereocenters. The van der Waals surface area contributed by atoms with E-state index in [-0.39, 0.29) is 10.7 Å². The number of halogens is 1. The number of aromatic amines is 1. The molecule has 20 heavy (non-hydrogen) atoms. The van der Waals surface area contributed by atoms with Crippen molar-refractivity contribution in [1.82, 2.24) is 9.55 Å². The molecule has 1 aromatic rings. The molecular weight excluding hydrogens is 280 g/mol. The monoisotopic (exact) mass is 302 g/mol. The zero-order valence-corrected chi connectivity index (χ0v) is 13.1. The first kappa shape index (κ1) is 17.0. The van der Waals surface area contributed by atoms with Crippen LogP contribution < -0.4 is 11.2 Å². The summed E-state index contributed by atoms with van der Waals surface area (Å²) in [7, 11) is 0. The van der Waals surface area contributed by atoms with Crippen LogP contribution in [0.1, 0.15) is 39.2 Å². The van der Waals surface area contributed by atoms with Gasteiger partial charge in [0.2, 0.25) is 0 Å². The fraction of sp³-hybridized carbons (Fsp3) is 0.714. The van der Waals surface area contributed by atoms with Gasteiger partial charge in [0.25, 0.3) is 5.56 Å². The maximum Gasteiger partial charge on any atom is 0.329 e. The summed E-state index contributed by atoms with van der Waals surface area (Å²) >= 11 is 5.91. The molecule has 0 amide bonds. The summed E-state index contributed by atoms with van der Waals surface area (Å²) in [4.78, 5) is 26.5. The molecule has 0 fully saturated rings. The second-order valence-electron chi connectivity index (χ2n) is 5.25. The van der Waals surface area contributed by atoms with Gasteiger partial charge in [-0.05, 0) is 18.8 Å². The van der Waals surface area contributed by atoms with Crippen molar-refractivity contribution in [3.8, 4) is 0 Å². The molecule has 114 valence electrons. The van der Waals surface area contributed by atoms with Crippen molar-refractivity contribution >= 4 is 11.6 Å². The van der Waals surface area contributed by atoms with Crippen LogP contribution in [0.3, 0.4) is 0 Å². The van der Waals surface area contributed by atoms with Crippen LogP contribution in [0.15, 0.2) is 9.59 Å². The largest absolute Gasteiger partial charge is 0.381 e. The quantitative estimate of drug-likeness (QED) is 0.591. The van der Waals surface area contributed by atoms with E-state index in [0.29, 0.717) is 44.1 Å². The number of nitrogens with zero attached hydrogens (tertiary/aromatic N) is 1. The van der Waals surface area contributed by atoms with Gasteiger partial charge in [0.05, 0.1) is 5.56 Å². The van der Waals surface area contributed by atoms with E-state index in [1.807, 2.05) is 6.92 Å². The lowest BCUT2D eigenvalue weighted by Crippen LogP contribution is -2.37. The van der Waals surface area contributed by atoms with Crippen molar-refractivity contribution in [1.29, 1.82) is 0 Å². The molecule has 0 aromatic carbocycles. The summed E-state index contributed by atoms with van der Waals surface area (Å²) in [5.74, 6) is 0.479. The Bertz CT molecular complexity index is 534. The summed E-state index contributed by atoms with van der Waals surface area (Å²) in [5, 5.41) is 0.161. The zero-order chi connectivity index (χ0) is 15.1. The Hall–Kier alpha value is -1.07. The second-order valence-corrected chi connectivity index (χ2v) is 5.63. The average Bonchev–Trinajstić information content (AvgIpc) is 2.37. The van der Waals surface area contributed by atoms with Crippen molar-refractivity contribution in [3.05, 3.63) is 31.6 Å². The lowest BCUT2D eigenvalue weighted by molar-refractivity contribution is 0.105. The van der Waals surface area contributed by atoms with E-state index in [9.17, 15) is 9.59 Å². The molecule has 5 nitrogen and oxygen atoms in total. The SMILES string of the molecule is CCCc1c(Cl)[nH]c(=O)n(CCCOCC(C)C)c1=O. The minimum absolute atomic E-state index is 0.161. The highest BCUT2D eigenvalue weighted by molar-refractivity contribution is 6.30. The number of nitrogens with one attached hydrogen (secondary N) is 1. The predicted octanol–water partition coefficient (Wildman–Crippen LogP) is 2.21. The van der Waals surface area contributed by atoms with Crippen LogP contribution in [0.2, 0.25) is 5.15 Å². The second kappa shape index (κ2) is 8.27. The van der Waals surface area contributed by atoms with Crippen LogP contribution in [0.5, 0.6) is 0 Å². The summed E-state index contributed by atoms with van der Waals surface area (Å²) < 4.78 is 6.65. The van der Waals surface area contributed by atoms with Gasteiger partial charge < -0.3 is 4.74 Å². The summed E-state index contributed by atoms with van der Waals surface area (Å²) in [6.07, 6.45) is 2.00. The Kier molecular flexibility index (Phi) is 7.02. The van der Waals surface area contributed by atoms with E-state index in [0.717, 1.165) is 6.42 Å². The first-order chi connectivity index (χ1) is 9.47. The van der Waals surface area contributed by atoms with Crippen LogP contribution >= 0.6 is 11.6 Å². The van der Waals surface area contributed by atoms with Crippen molar-refractivity contribution in [3.63, 3.8) is 0 Å². The molecule has 0 spiro atoms. The molecule has 1 heterocycles. The van der Waals surface area contributed by atoms with Crippen LogP contribution in [0.4, 0.5) is 0 Å². The standard InChI is InChI=1S/C14H23ClN2O3/c1-4-6-11-12(15)16-14(19)17(13(11)18)7-5-8-20-9-10(2)3/h10H,4-9H2,1-3H3,(H,16,19). The molecule has 0 radical (unpaired) electrons. The van der Waals surface area contributed by atoms with E-state index in [1.165, 1.54) is 4.57 Å². The average molecular weight is 303 g/mol. The van der Waals surface area contributed by atoms with Crippen molar-refractivity contribution in [2.75, 3.05) is 13.2 Å². The van der Waals surface area contributed by atoms with E-state index in [2.05, 4.69) is 18.8 Å². The van der Waals surface area contributed by atoms with Crippen LogP contribution in [0, 0.1) is 5.92 Å². The van der Waals surface area contributed by atoms with Gasteiger partial charge in [-0.2, -0.15) is 0 Å². The summed E-state index contributed by atoms with van der Waals surface area (Å²) in [6, 6.07) is 0. The fourth-order valence-corrected chi connectivity index (χ4v) is 2.16. The first-order valence-electron chi connectivity index (χ1n) is 7.06.